The van der Waals surface area contributed by atoms with Crippen LogP contribution in [0.3, 0.4) is 0 Å². The molecule has 0 aliphatic carbocycles. The zero-order valence-electron chi connectivity index (χ0n) is 17.9. The molecular formula is C28H38O3. The molecule has 0 heterocycles. The first kappa shape index (κ1) is 27.8. The smallest absolute Gasteiger partial charge is 0.112 e. The number of ether oxygens (including phenoxy) is 3. The summed E-state index contributed by atoms with van der Waals surface area (Å²) in [5, 5.41) is 0. The minimum absolute atomic E-state index is 0. The van der Waals surface area contributed by atoms with Crippen molar-refractivity contribution in [3.63, 3.8) is 0 Å². The number of benzene rings is 2. The molecule has 3 nitrogen and oxygen atoms in total. The molecule has 0 bridgehead atoms. The van der Waals surface area contributed by atoms with E-state index < -0.39 is 0 Å². The van der Waals surface area contributed by atoms with Crippen molar-refractivity contribution >= 4 is 0 Å². The van der Waals surface area contributed by atoms with Crippen LogP contribution in [-0.2, 0) is 40.3 Å². The lowest BCUT2D eigenvalue weighted by Crippen LogP contribution is -1.95. The number of hydrogen-bond donors (Lipinski definition) is 0. The summed E-state index contributed by atoms with van der Waals surface area (Å²) >= 11 is 0. The van der Waals surface area contributed by atoms with Crippen LogP contribution in [0, 0.1) is 0 Å². The van der Waals surface area contributed by atoms with Crippen molar-refractivity contribution < 1.29 is 14.2 Å². The van der Waals surface area contributed by atoms with E-state index in [0.717, 1.165) is 30.4 Å². The van der Waals surface area contributed by atoms with Crippen molar-refractivity contribution in [1.29, 1.82) is 0 Å². The maximum Gasteiger partial charge on any atom is 0.112 e. The Hall–Kier alpha value is -3.20. The average Bonchev–Trinajstić information content (AvgIpc) is 2.78. The Balaban J connectivity index is 0.000000567. The Morgan fingerprint density at radius 2 is 1.13 bits per heavy atom. The van der Waals surface area contributed by atoms with Crippen molar-refractivity contribution in [1.82, 2.24) is 0 Å². The zero-order chi connectivity index (χ0) is 21.9. The van der Waals surface area contributed by atoms with Gasteiger partial charge in [0.25, 0.3) is 0 Å². The van der Waals surface area contributed by atoms with Crippen LogP contribution < -0.4 is 0 Å². The van der Waals surface area contributed by atoms with E-state index in [4.69, 9.17) is 14.2 Å². The molecule has 0 radical (unpaired) electrons. The Labute approximate surface area is 189 Å². The fourth-order valence-corrected chi connectivity index (χ4v) is 2.77. The lowest BCUT2D eigenvalue weighted by Gasteiger charge is -2.05. The van der Waals surface area contributed by atoms with Crippen molar-refractivity contribution in [3.05, 3.63) is 122 Å². The molecule has 3 heteroatoms. The normalized spacial score (nSPS) is 9.16. The molecule has 2 rings (SSSR count). The Bertz CT molecular complexity index is 708. The van der Waals surface area contributed by atoms with Crippen LogP contribution in [0.25, 0.3) is 0 Å². The number of rotatable bonds is 14. The van der Waals surface area contributed by atoms with Crippen molar-refractivity contribution in [2.75, 3.05) is 6.61 Å². The van der Waals surface area contributed by atoms with Gasteiger partial charge in [-0.2, -0.15) is 0 Å². The Morgan fingerprint density at radius 3 is 1.65 bits per heavy atom. The lowest BCUT2D eigenvalue weighted by molar-refractivity contribution is 0.232. The van der Waals surface area contributed by atoms with E-state index >= 15 is 0 Å². The fourth-order valence-electron chi connectivity index (χ4n) is 2.77. The second kappa shape index (κ2) is 18.8. The zero-order valence-corrected chi connectivity index (χ0v) is 17.9. The molecule has 0 spiro atoms. The third-order valence-corrected chi connectivity index (χ3v) is 4.22. The average molecular weight is 423 g/mol. The van der Waals surface area contributed by atoms with Gasteiger partial charge in [-0.3, -0.25) is 0 Å². The molecular weight excluding hydrogens is 384 g/mol. The van der Waals surface area contributed by atoms with Crippen LogP contribution >= 0.6 is 0 Å². The summed E-state index contributed by atoms with van der Waals surface area (Å²) in [6.07, 6.45) is 10.7. The topological polar surface area (TPSA) is 27.7 Å². The van der Waals surface area contributed by atoms with Gasteiger partial charge in [0.2, 0.25) is 0 Å². The SMILES string of the molecule is C.C=CCCCc1cccc(CCOC=C)c1.C=COCc1cccc(COC=C)c1. The number of aryl methyl sites for hydroxylation is 1. The highest BCUT2D eigenvalue weighted by atomic mass is 16.5. The van der Waals surface area contributed by atoms with Crippen molar-refractivity contribution in [3.8, 4) is 0 Å². The molecule has 0 amide bonds. The molecule has 2 aromatic rings. The summed E-state index contributed by atoms with van der Waals surface area (Å²) in [5.74, 6) is 0. The van der Waals surface area contributed by atoms with Gasteiger partial charge in [0.05, 0.1) is 25.4 Å². The largest absolute Gasteiger partial charge is 0.501 e. The van der Waals surface area contributed by atoms with E-state index in [1.54, 1.807) is 0 Å². The van der Waals surface area contributed by atoms with Crippen molar-refractivity contribution in [2.45, 2.75) is 46.3 Å². The van der Waals surface area contributed by atoms with E-state index in [9.17, 15) is 0 Å². The van der Waals surface area contributed by atoms with Gasteiger partial charge in [-0.1, -0.05) is 75.7 Å². The maximum atomic E-state index is 5.13. The van der Waals surface area contributed by atoms with Crippen LogP contribution in [-0.4, -0.2) is 6.61 Å². The van der Waals surface area contributed by atoms with Crippen LogP contribution in [0.4, 0.5) is 0 Å². The second-order valence-electron chi connectivity index (χ2n) is 6.56. The van der Waals surface area contributed by atoms with E-state index in [1.165, 1.54) is 36.3 Å². The lowest BCUT2D eigenvalue weighted by atomic mass is 10.0. The van der Waals surface area contributed by atoms with Gasteiger partial charge in [0.1, 0.15) is 13.2 Å². The van der Waals surface area contributed by atoms with Crippen LogP contribution in [0.2, 0.25) is 0 Å². The van der Waals surface area contributed by atoms with Gasteiger partial charge < -0.3 is 14.2 Å². The summed E-state index contributed by atoms with van der Waals surface area (Å²) < 4.78 is 15.3. The molecule has 0 aliphatic rings. The molecule has 0 saturated carbocycles. The standard InChI is InChI=1S/C15H20O.C12H14O2.CH4/c1-3-5-6-8-14-9-7-10-15(13-14)11-12-16-4-2;1-3-13-9-11-6-5-7-12(8-11)10-14-4-2;/h3-4,7,9-10,13H,1-2,5-6,8,11-12H2;3-8H,1-2,9-10H2;1H4. The summed E-state index contributed by atoms with van der Waals surface area (Å²) in [5.41, 5.74) is 4.95. The Kier molecular flexibility index (Phi) is 16.9. The second-order valence-corrected chi connectivity index (χ2v) is 6.56. The molecule has 31 heavy (non-hydrogen) atoms. The van der Waals surface area contributed by atoms with Crippen LogP contribution in [0.1, 0.15) is 42.5 Å². The van der Waals surface area contributed by atoms with Crippen molar-refractivity contribution in [2.24, 2.45) is 0 Å². The number of unbranched alkanes of at least 4 members (excludes halogenated alkanes) is 1. The molecule has 0 aliphatic heterocycles. The highest BCUT2D eigenvalue weighted by Crippen LogP contribution is 2.10. The minimum atomic E-state index is 0. The minimum Gasteiger partial charge on any atom is -0.501 e. The van der Waals surface area contributed by atoms with E-state index in [0.29, 0.717) is 19.8 Å². The summed E-state index contributed by atoms with van der Waals surface area (Å²) in [7, 11) is 0. The first-order valence-corrected chi connectivity index (χ1v) is 10.2. The van der Waals surface area contributed by atoms with E-state index in [1.807, 2.05) is 30.3 Å². The first-order chi connectivity index (χ1) is 14.7. The molecule has 0 fully saturated rings. The van der Waals surface area contributed by atoms with E-state index in [-0.39, 0.29) is 7.43 Å². The van der Waals surface area contributed by atoms with Gasteiger partial charge in [0.15, 0.2) is 0 Å². The maximum absolute atomic E-state index is 5.13. The van der Waals surface area contributed by atoms with Gasteiger partial charge in [-0.25, -0.2) is 0 Å². The van der Waals surface area contributed by atoms with Gasteiger partial charge in [-0.15, -0.1) is 6.58 Å². The molecule has 0 saturated heterocycles. The molecule has 0 aromatic heterocycles. The predicted molar refractivity (Wildman–Crippen MR) is 133 cm³/mol. The highest BCUT2D eigenvalue weighted by molar-refractivity contribution is 5.24. The molecule has 2 aromatic carbocycles. The quantitative estimate of drug-likeness (QED) is 0.179. The summed E-state index contributed by atoms with van der Waals surface area (Å²) in [6.45, 7) is 16.0. The van der Waals surface area contributed by atoms with Crippen LogP contribution in [0.5, 0.6) is 0 Å². The monoisotopic (exact) mass is 422 g/mol. The third kappa shape index (κ3) is 13.6. The fraction of sp³-hybridized carbons (Fsp3) is 0.286. The number of allylic oxidation sites excluding steroid dienone is 1. The predicted octanol–water partition coefficient (Wildman–Crippen LogP) is 7.54. The van der Waals surface area contributed by atoms with Crippen LogP contribution in [0.15, 0.2) is 99.7 Å². The summed E-state index contributed by atoms with van der Waals surface area (Å²) in [6, 6.07) is 16.7. The third-order valence-electron chi connectivity index (χ3n) is 4.22. The molecule has 168 valence electrons. The highest BCUT2D eigenvalue weighted by Gasteiger charge is 1.97. The Morgan fingerprint density at radius 1 is 0.645 bits per heavy atom. The molecule has 0 atom stereocenters. The molecule has 0 unspecified atom stereocenters. The number of hydrogen-bond acceptors (Lipinski definition) is 3. The van der Waals surface area contributed by atoms with Gasteiger partial charge in [0, 0.05) is 6.42 Å². The van der Waals surface area contributed by atoms with Gasteiger partial charge >= 0.3 is 0 Å². The van der Waals surface area contributed by atoms with Gasteiger partial charge in [-0.05, 0) is 47.6 Å². The molecule has 0 N–H and O–H groups in total. The van der Waals surface area contributed by atoms with E-state index in [2.05, 4.69) is 50.6 Å². The summed E-state index contributed by atoms with van der Waals surface area (Å²) in [4.78, 5) is 0. The first-order valence-electron chi connectivity index (χ1n) is 10.2.